The van der Waals surface area contributed by atoms with E-state index in [1.807, 2.05) is 19.9 Å². The number of hydrogen-bond acceptors (Lipinski definition) is 8. The number of carbonyl (C=O) groups excluding carboxylic acids is 1. The lowest BCUT2D eigenvalue weighted by Gasteiger charge is -2.52. The fourth-order valence-corrected chi connectivity index (χ4v) is 7.29. The van der Waals surface area contributed by atoms with E-state index in [-0.39, 0.29) is 23.1 Å². The van der Waals surface area contributed by atoms with Crippen LogP contribution in [-0.2, 0) is 16.2 Å². The van der Waals surface area contributed by atoms with Crippen LogP contribution in [0.1, 0.15) is 56.8 Å². The Morgan fingerprint density at radius 1 is 1.20 bits per heavy atom. The van der Waals surface area contributed by atoms with Gasteiger partial charge in [0.15, 0.2) is 11.2 Å². The standard InChI is InChI=1S/C28H34Cl2FN7O2/c1-16(21-7-6-19(29)9-22(21)30)38-25-24(34-35-38)23(12-31)32-27(33-25)37-14-18(15-37)17-5-4-8-36(13-17)20-10-28(2,11-20)26(39)40-3/h6-7,9,16-18,20H,4-5,8,10-15H2,1-3H3/t16-,17+,20?,28?/m1/s1. The van der Waals surface area contributed by atoms with Gasteiger partial charge in [0.2, 0.25) is 5.95 Å². The van der Waals surface area contributed by atoms with Crippen LogP contribution in [0.2, 0.25) is 10.0 Å². The third-order valence-electron chi connectivity index (χ3n) is 9.21. The van der Waals surface area contributed by atoms with E-state index in [0.717, 1.165) is 51.0 Å². The zero-order valence-electron chi connectivity index (χ0n) is 23.0. The Morgan fingerprint density at radius 3 is 2.67 bits per heavy atom. The van der Waals surface area contributed by atoms with Gasteiger partial charge >= 0.3 is 5.97 Å². The number of halogens is 3. The molecule has 0 N–H and O–H groups in total. The van der Waals surface area contributed by atoms with Gasteiger partial charge in [0.1, 0.15) is 12.4 Å². The van der Waals surface area contributed by atoms with Crippen LogP contribution in [0.15, 0.2) is 18.2 Å². The summed E-state index contributed by atoms with van der Waals surface area (Å²) < 4.78 is 20.7. The van der Waals surface area contributed by atoms with Crippen LogP contribution in [0.5, 0.6) is 0 Å². The molecule has 0 spiro atoms. The quantitative estimate of drug-likeness (QED) is 0.352. The SMILES string of the molecule is COC(=O)C1(C)CC(N2CCC[C@H](C3CN(c4nc(CF)c5nnn([C@H](C)c6ccc(Cl)cc6Cl)c5n4)C3)C2)C1. The number of likely N-dealkylation sites (tertiary alicyclic amines) is 1. The van der Waals surface area contributed by atoms with Crippen LogP contribution < -0.4 is 4.90 Å². The molecule has 9 nitrogen and oxygen atoms in total. The first-order chi connectivity index (χ1) is 19.2. The number of nitrogens with zero attached hydrogens (tertiary/aromatic N) is 7. The normalized spacial score (nSPS) is 26.4. The van der Waals surface area contributed by atoms with E-state index >= 15 is 0 Å². The van der Waals surface area contributed by atoms with Crippen LogP contribution in [-0.4, -0.2) is 75.2 Å². The number of alkyl halides is 1. The summed E-state index contributed by atoms with van der Waals surface area (Å²) in [6.45, 7) is 7.01. The maximum atomic E-state index is 14.1. The first-order valence-corrected chi connectivity index (χ1v) is 14.7. The minimum atomic E-state index is -0.748. The lowest BCUT2D eigenvalue weighted by Crippen LogP contribution is -2.58. The lowest BCUT2D eigenvalue weighted by molar-refractivity contribution is -0.162. The fraction of sp³-hybridized carbons (Fsp3) is 0.607. The fourth-order valence-electron chi connectivity index (χ4n) is 6.72. The van der Waals surface area contributed by atoms with Crippen molar-refractivity contribution in [1.29, 1.82) is 0 Å². The Bertz CT molecular complexity index is 1420. The highest BCUT2D eigenvalue weighted by atomic mass is 35.5. The second kappa shape index (κ2) is 10.7. The maximum absolute atomic E-state index is 14.1. The molecule has 214 valence electrons. The number of piperidine rings is 1. The molecule has 3 fully saturated rings. The predicted octanol–water partition coefficient (Wildman–Crippen LogP) is 5.10. The van der Waals surface area contributed by atoms with E-state index < -0.39 is 6.67 Å². The average Bonchev–Trinajstić information content (AvgIpc) is 3.33. The molecule has 6 rings (SSSR count). The number of carbonyl (C=O) groups is 1. The Hall–Kier alpha value is -2.56. The minimum absolute atomic E-state index is 0.0984. The van der Waals surface area contributed by atoms with E-state index in [2.05, 4.69) is 25.1 Å². The van der Waals surface area contributed by atoms with Gasteiger partial charge in [-0.2, -0.15) is 4.98 Å². The first kappa shape index (κ1) is 27.6. The molecule has 0 amide bonds. The topological polar surface area (TPSA) is 89.3 Å². The summed E-state index contributed by atoms with van der Waals surface area (Å²) in [5.74, 6) is 1.52. The van der Waals surface area contributed by atoms with Crippen molar-refractivity contribution in [3.8, 4) is 0 Å². The van der Waals surface area contributed by atoms with Gasteiger partial charge in [0.25, 0.3) is 0 Å². The number of fused-ring (bicyclic) bond motifs is 1. The Balaban J connectivity index is 1.15. The highest BCUT2D eigenvalue weighted by Crippen LogP contribution is 2.46. The second-order valence-electron chi connectivity index (χ2n) is 11.8. The highest BCUT2D eigenvalue weighted by Gasteiger charge is 2.50. The van der Waals surface area contributed by atoms with Crippen LogP contribution >= 0.6 is 23.2 Å². The second-order valence-corrected chi connectivity index (χ2v) is 12.7. The summed E-state index contributed by atoms with van der Waals surface area (Å²) in [7, 11) is 1.47. The van der Waals surface area contributed by atoms with E-state index in [4.69, 9.17) is 32.9 Å². The van der Waals surface area contributed by atoms with Gasteiger partial charge in [-0.05, 0) is 75.6 Å². The van der Waals surface area contributed by atoms with Crippen molar-refractivity contribution in [2.24, 2.45) is 17.3 Å². The molecule has 2 atom stereocenters. The van der Waals surface area contributed by atoms with Gasteiger partial charge in [0.05, 0.1) is 18.6 Å². The molecule has 0 bridgehead atoms. The van der Waals surface area contributed by atoms with Gasteiger partial charge in [-0.15, -0.1) is 5.10 Å². The van der Waals surface area contributed by atoms with Gasteiger partial charge < -0.3 is 14.5 Å². The number of methoxy groups -OCH3 is 1. The molecule has 40 heavy (non-hydrogen) atoms. The number of rotatable bonds is 7. The summed E-state index contributed by atoms with van der Waals surface area (Å²) >= 11 is 12.5. The van der Waals surface area contributed by atoms with Crippen molar-refractivity contribution in [1.82, 2.24) is 29.9 Å². The Labute approximate surface area is 243 Å². The zero-order chi connectivity index (χ0) is 28.2. The molecular weight excluding hydrogens is 556 g/mol. The number of ether oxygens (including phenoxy) is 1. The monoisotopic (exact) mass is 589 g/mol. The van der Waals surface area contributed by atoms with Crippen molar-refractivity contribution in [2.45, 2.75) is 58.3 Å². The number of anilines is 1. The van der Waals surface area contributed by atoms with Crippen LogP contribution in [0.3, 0.4) is 0 Å². The van der Waals surface area contributed by atoms with Crippen molar-refractivity contribution < 1.29 is 13.9 Å². The number of esters is 1. The van der Waals surface area contributed by atoms with E-state index in [0.29, 0.717) is 45.0 Å². The molecule has 0 radical (unpaired) electrons. The van der Waals surface area contributed by atoms with Crippen LogP contribution in [0.4, 0.5) is 10.3 Å². The third kappa shape index (κ3) is 4.81. The minimum Gasteiger partial charge on any atom is -0.469 e. The third-order valence-corrected chi connectivity index (χ3v) is 9.77. The predicted molar refractivity (Wildman–Crippen MR) is 151 cm³/mol. The van der Waals surface area contributed by atoms with Crippen molar-refractivity contribution in [3.63, 3.8) is 0 Å². The van der Waals surface area contributed by atoms with Crippen molar-refractivity contribution >= 4 is 46.3 Å². The summed E-state index contributed by atoms with van der Waals surface area (Å²) in [6.07, 6.45) is 4.09. The average molecular weight is 591 g/mol. The summed E-state index contributed by atoms with van der Waals surface area (Å²) in [5, 5.41) is 9.57. The summed E-state index contributed by atoms with van der Waals surface area (Å²) in [5.41, 5.74) is 1.57. The van der Waals surface area contributed by atoms with E-state index in [1.54, 1.807) is 16.8 Å². The molecule has 12 heteroatoms. The molecule has 0 unspecified atom stereocenters. The summed E-state index contributed by atoms with van der Waals surface area (Å²) in [4.78, 5) is 26.1. The molecule has 2 saturated heterocycles. The Morgan fingerprint density at radius 2 is 1.98 bits per heavy atom. The highest BCUT2D eigenvalue weighted by molar-refractivity contribution is 6.35. The van der Waals surface area contributed by atoms with Crippen LogP contribution in [0.25, 0.3) is 11.2 Å². The number of hydrogen-bond donors (Lipinski definition) is 0. The first-order valence-electron chi connectivity index (χ1n) is 13.9. The van der Waals surface area contributed by atoms with Crippen LogP contribution in [0, 0.1) is 17.3 Å². The lowest BCUT2D eigenvalue weighted by atomic mass is 9.65. The molecule has 3 aromatic rings. The smallest absolute Gasteiger partial charge is 0.311 e. The van der Waals surface area contributed by atoms with Gasteiger partial charge in [-0.1, -0.05) is 34.5 Å². The molecule has 1 saturated carbocycles. The molecular formula is C28H34Cl2FN7O2. The van der Waals surface area contributed by atoms with E-state index in [9.17, 15) is 9.18 Å². The Kier molecular flexibility index (Phi) is 7.37. The molecule has 3 aliphatic rings. The largest absolute Gasteiger partial charge is 0.469 e. The zero-order valence-corrected chi connectivity index (χ0v) is 24.5. The van der Waals surface area contributed by atoms with Gasteiger partial charge in [-0.25, -0.2) is 14.1 Å². The van der Waals surface area contributed by atoms with Crippen molar-refractivity contribution in [2.75, 3.05) is 38.2 Å². The molecule has 1 aliphatic carbocycles. The number of aromatic nitrogens is 5. The van der Waals surface area contributed by atoms with E-state index in [1.165, 1.54) is 13.5 Å². The summed E-state index contributed by atoms with van der Waals surface area (Å²) in [6, 6.07) is 5.49. The van der Waals surface area contributed by atoms with Gasteiger partial charge in [-0.3, -0.25) is 4.79 Å². The molecule has 2 aliphatic heterocycles. The van der Waals surface area contributed by atoms with Crippen molar-refractivity contribution in [3.05, 3.63) is 39.5 Å². The maximum Gasteiger partial charge on any atom is 0.311 e. The molecule has 2 aromatic heterocycles. The molecule has 4 heterocycles. The number of benzene rings is 1. The molecule has 1 aromatic carbocycles. The van der Waals surface area contributed by atoms with Gasteiger partial charge in [0, 0.05) is 35.7 Å².